The summed E-state index contributed by atoms with van der Waals surface area (Å²) in [5.74, 6) is -1.12. The second kappa shape index (κ2) is 8.61. The van der Waals surface area contributed by atoms with Gasteiger partial charge in [0.25, 0.3) is 0 Å². The SMILES string of the molecule is CCC(C(=O)OC)N(NC(=O)OC(C)(C)C)c1nc(Cl)ncc1[N+](=O)[O-]. The first-order chi connectivity index (χ1) is 12.0. The zero-order valence-electron chi connectivity index (χ0n) is 15.0. The van der Waals surface area contributed by atoms with Crippen molar-refractivity contribution in [3.63, 3.8) is 0 Å². The van der Waals surface area contributed by atoms with Crippen molar-refractivity contribution in [2.45, 2.75) is 45.8 Å². The predicted octanol–water partition coefficient (Wildman–Crippen LogP) is 2.24. The molecule has 0 aliphatic carbocycles. The van der Waals surface area contributed by atoms with Crippen molar-refractivity contribution in [2.24, 2.45) is 0 Å². The number of nitrogens with zero attached hydrogens (tertiary/aromatic N) is 4. The minimum atomic E-state index is -1.11. The average Bonchev–Trinajstić information content (AvgIpc) is 2.52. The molecule has 1 heterocycles. The van der Waals surface area contributed by atoms with Gasteiger partial charge in [-0.05, 0) is 38.8 Å². The number of ether oxygens (including phenoxy) is 2. The van der Waals surface area contributed by atoms with Crippen molar-refractivity contribution in [3.05, 3.63) is 21.6 Å². The molecule has 0 bridgehead atoms. The van der Waals surface area contributed by atoms with E-state index in [9.17, 15) is 19.7 Å². The van der Waals surface area contributed by atoms with Gasteiger partial charge in [-0.15, -0.1) is 0 Å². The number of anilines is 1. The van der Waals surface area contributed by atoms with E-state index in [0.717, 1.165) is 18.3 Å². The van der Waals surface area contributed by atoms with Crippen molar-refractivity contribution in [2.75, 3.05) is 12.1 Å². The quantitative estimate of drug-likeness (QED) is 0.336. The van der Waals surface area contributed by atoms with Gasteiger partial charge in [-0.3, -0.25) is 10.1 Å². The molecule has 26 heavy (non-hydrogen) atoms. The van der Waals surface area contributed by atoms with Crippen LogP contribution in [-0.4, -0.2) is 45.7 Å². The number of amides is 1. The lowest BCUT2D eigenvalue weighted by Gasteiger charge is -2.30. The van der Waals surface area contributed by atoms with Crippen LogP contribution in [0.2, 0.25) is 5.28 Å². The Labute approximate surface area is 154 Å². The number of hydrogen-bond acceptors (Lipinski definition) is 9. The maximum absolute atomic E-state index is 12.2. The van der Waals surface area contributed by atoms with E-state index >= 15 is 0 Å². The predicted molar refractivity (Wildman–Crippen MR) is 91.6 cm³/mol. The molecular weight excluding hydrogens is 370 g/mol. The second-order valence-corrected chi connectivity index (χ2v) is 6.37. The van der Waals surface area contributed by atoms with Crippen LogP contribution in [0.5, 0.6) is 0 Å². The highest BCUT2D eigenvalue weighted by Gasteiger charge is 2.34. The molecule has 1 aromatic heterocycles. The smallest absolute Gasteiger partial charge is 0.426 e. The number of carbonyl (C=O) groups excluding carboxylic acids is 2. The highest BCUT2D eigenvalue weighted by Crippen LogP contribution is 2.27. The van der Waals surface area contributed by atoms with E-state index in [0.29, 0.717) is 0 Å². The van der Waals surface area contributed by atoms with Crippen molar-refractivity contribution >= 4 is 35.2 Å². The van der Waals surface area contributed by atoms with Gasteiger partial charge in [0, 0.05) is 0 Å². The van der Waals surface area contributed by atoms with E-state index in [1.807, 2.05) is 0 Å². The number of carbonyl (C=O) groups is 2. The fourth-order valence-electron chi connectivity index (χ4n) is 1.92. The van der Waals surface area contributed by atoms with Crippen molar-refractivity contribution < 1.29 is 24.0 Å². The van der Waals surface area contributed by atoms with E-state index in [-0.39, 0.29) is 17.5 Å². The van der Waals surface area contributed by atoms with Gasteiger partial charge in [0.05, 0.1) is 12.0 Å². The molecule has 12 heteroatoms. The van der Waals surface area contributed by atoms with Crippen LogP contribution in [0.1, 0.15) is 34.1 Å². The van der Waals surface area contributed by atoms with Gasteiger partial charge in [0.2, 0.25) is 11.1 Å². The number of nitro groups is 1. The summed E-state index contributed by atoms with van der Waals surface area (Å²) in [4.78, 5) is 42.1. The van der Waals surface area contributed by atoms with Gasteiger partial charge >= 0.3 is 17.7 Å². The van der Waals surface area contributed by atoms with Crippen LogP contribution in [0, 0.1) is 10.1 Å². The Morgan fingerprint density at radius 2 is 2.08 bits per heavy atom. The van der Waals surface area contributed by atoms with Crippen LogP contribution in [-0.2, 0) is 14.3 Å². The van der Waals surface area contributed by atoms with E-state index in [2.05, 4.69) is 15.4 Å². The summed E-state index contributed by atoms with van der Waals surface area (Å²) in [5.41, 5.74) is 0.899. The molecule has 0 aromatic carbocycles. The lowest BCUT2D eigenvalue weighted by atomic mass is 10.2. The summed E-state index contributed by atoms with van der Waals surface area (Å²) >= 11 is 5.74. The molecule has 0 radical (unpaired) electrons. The van der Waals surface area contributed by atoms with Crippen LogP contribution >= 0.6 is 11.6 Å². The molecule has 1 unspecified atom stereocenters. The summed E-state index contributed by atoms with van der Waals surface area (Å²) in [7, 11) is 1.15. The van der Waals surface area contributed by atoms with Gasteiger partial charge in [0.1, 0.15) is 17.8 Å². The summed E-state index contributed by atoms with van der Waals surface area (Å²) in [6, 6.07) is -1.11. The first kappa shape index (κ1) is 21.4. The molecule has 0 saturated heterocycles. The third-order valence-electron chi connectivity index (χ3n) is 2.93. The Kier molecular flexibility index (Phi) is 7.07. The number of esters is 1. The molecule has 1 amide bonds. The number of methoxy groups -OCH3 is 1. The fourth-order valence-corrected chi connectivity index (χ4v) is 2.05. The topological polar surface area (TPSA) is 137 Å². The van der Waals surface area contributed by atoms with E-state index in [1.54, 1.807) is 27.7 Å². The molecule has 144 valence electrons. The van der Waals surface area contributed by atoms with Crippen molar-refractivity contribution in [3.8, 4) is 0 Å². The number of rotatable bonds is 6. The van der Waals surface area contributed by atoms with Gasteiger partial charge < -0.3 is 9.47 Å². The van der Waals surface area contributed by atoms with Gasteiger partial charge in [0.15, 0.2) is 0 Å². The Hall–Kier alpha value is -2.69. The number of hydrazine groups is 1. The Morgan fingerprint density at radius 1 is 1.46 bits per heavy atom. The molecule has 1 atom stereocenters. The number of halogens is 1. The molecule has 0 saturated carbocycles. The van der Waals surface area contributed by atoms with E-state index in [4.69, 9.17) is 21.1 Å². The molecule has 0 aliphatic rings. The highest BCUT2D eigenvalue weighted by molar-refractivity contribution is 6.28. The average molecular weight is 390 g/mol. The molecule has 1 aromatic rings. The first-order valence-corrected chi connectivity index (χ1v) is 7.91. The van der Waals surface area contributed by atoms with Gasteiger partial charge in [-0.1, -0.05) is 6.92 Å². The monoisotopic (exact) mass is 389 g/mol. The third-order valence-corrected chi connectivity index (χ3v) is 3.11. The molecule has 0 aliphatic heterocycles. The van der Waals surface area contributed by atoms with Crippen LogP contribution in [0.4, 0.5) is 16.3 Å². The molecule has 0 fully saturated rings. The summed E-state index contributed by atoms with van der Waals surface area (Å²) in [6.45, 7) is 6.54. The number of hydrogen-bond donors (Lipinski definition) is 1. The second-order valence-electron chi connectivity index (χ2n) is 6.04. The van der Waals surface area contributed by atoms with E-state index < -0.39 is 34.3 Å². The molecule has 1 N–H and O–H groups in total. The maximum Gasteiger partial charge on any atom is 0.426 e. The molecule has 0 spiro atoms. The summed E-state index contributed by atoms with van der Waals surface area (Å²) in [5, 5.41) is 11.9. The van der Waals surface area contributed by atoms with Crippen molar-refractivity contribution in [1.82, 2.24) is 15.4 Å². The minimum absolute atomic E-state index is 0.140. The highest BCUT2D eigenvalue weighted by atomic mass is 35.5. The molecular formula is C14H20ClN5O6. The fraction of sp³-hybridized carbons (Fsp3) is 0.571. The zero-order chi connectivity index (χ0) is 20.1. The van der Waals surface area contributed by atoms with Crippen LogP contribution in [0.3, 0.4) is 0 Å². The lowest BCUT2D eigenvalue weighted by Crippen LogP contribution is -2.54. The largest absolute Gasteiger partial charge is 0.467 e. The van der Waals surface area contributed by atoms with Crippen LogP contribution in [0.25, 0.3) is 0 Å². The summed E-state index contributed by atoms with van der Waals surface area (Å²) in [6.07, 6.45) is 0.0727. The van der Waals surface area contributed by atoms with Gasteiger partial charge in [-0.2, -0.15) is 4.98 Å². The van der Waals surface area contributed by atoms with Crippen LogP contribution in [0.15, 0.2) is 6.20 Å². The third kappa shape index (κ3) is 5.69. The Morgan fingerprint density at radius 3 is 2.54 bits per heavy atom. The molecule has 11 nitrogen and oxygen atoms in total. The Bertz CT molecular complexity index is 693. The lowest BCUT2D eigenvalue weighted by molar-refractivity contribution is -0.384. The van der Waals surface area contributed by atoms with Crippen molar-refractivity contribution in [1.29, 1.82) is 0 Å². The number of nitrogens with one attached hydrogen (secondary N) is 1. The molecule has 1 rings (SSSR count). The standard InChI is InChI=1S/C14H20ClN5O6/c1-6-8(11(21)25-5)19(18-13(22)26-14(2,3)4)10-9(20(23)24)7-16-12(15)17-10/h7-8H,6H2,1-5H3,(H,18,22). The normalized spacial score (nSPS) is 12.1. The van der Waals surface area contributed by atoms with Gasteiger partial charge in [-0.25, -0.2) is 25.0 Å². The van der Waals surface area contributed by atoms with E-state index in [1.165, 1.54) is 0 Å². The Balaban J connectivity index is 3.41. The number of aromatic nitrogens is 2. The van der Waals surface area contributed by atoms with Crippen LogP contribution < -0.4 is 10.4 Å². The summed E-state index contributed by atoms with van der Waals surface area (Å²) < 4.78 is 9.84. The minimum Gasteiger partial charge on any atom is -0.467 e. The maximum atomic E-state index is 12.2. The zero-order valence-corrected chi connectivity index (χ0v) is 15.7. The first-order valence-electron chi connectivity index (χ1n) is 7.53.